The van der Waals surface area contributed by atoms with E-state index < -0.39 is 20.8 Å². The molecule has 4 heteroatoms. The Kier molecular flexibility index (Phi) is 12.4. The van der Waals surface area contributed by atoms with E-state index in [4.69, 9.17) is 17.0 Å². The van der Waals surface area contributed by atoms with Gasteiger partial charge in [0.25, 0.3) is 0 Å². The van der Waals surface area contributed by atoms with Crippen molar-refractivity contribution in [1.29, 1.82) is 0 Å². The molecule has 6 aromatic carbocycles. The Bertz CT molecular complexity index is 1750. The first kappa shape index (κ1) is 32.8. The maximum atomic E-state index is 4.93. The molecule has 0 unspecified atom stereocenters. The molecule has 0 nitrogen and oxygen atoms in total. The van der Waals surface area contributed by atoms with Crippen LogP contribution in [0.25, 0.3) is 44.2 Å². The van der Waals surface area contributed by atoms with Gasteiger partial charge in [-0.15, -0.1) is 40.1 Å². The standard InChI is InChI=1S/C28H29.C12H7Si.2ClH.Zr/c1-3-5-12-21-19-24-18-17-23(11-4-2)28(27(24)20-21)26-16-10-9-15-25(26)22-13-7-6-8-14-22;1-3-7-11-9(5-1)10-6-2-4-8-12(10)13-11;;;/h6-10,13-20H,3-5,11-12H2,1-2H3;1-7H;2*1H;/q2*-1;;;+4/p-2. The minimum Gasteiger partial charge on any atom is -0.184 e. The van der Waals surface area contributed by atoms with Crippen molar-refractivity contribution in [1.82, 2.24) is 0 Å². The zero-order chi connectivity index (χ0) is 30.7. The first-order valence-corrected chi connectivity index (χ1v) is 22.7. The van der Waals surface area contributed by atoms with Gasteiger partial charge >= 0.3 is 37.9 Å². The molecule has 1 heterocycles. The molecule has 1 aliphatic rings. The molecule has 0 fully saturated rings. The summed E-state index contributed by atoms with van der Waals surface area (Å²) in [5, 5.41) is 5.62. The van der Waals surface area contributed by atoms with E-state index in [1.165, 1.54) is 84.9 Å². The summed E-state index contributed by atoms with van der Waals surface area (Å²) in [5.74, 6) is 0. The fraction of sp³-hybridized carbons (Fsp3) is 0.175. The monoisotopic (exact) mass is 704 g/mol. The van der Waals surface area contributed by atoms with Gasteiger partial charge in [0.05, 0.1) is 9.52 Å². The molecular weight excluding hydrogens is 671 g/mol. The third-order valence-corrected chi connectivity index (χ3v) is 9.36. The third kappa shape index (κ3) is 7.78. The van der Waals surface area contributed by atoms with Crippen LogP contribution in [0.5, 0.6) is 0 Å². The van der Waals surface area contributed by atoms with Gasteiger partial charge in [0, 0.05) is 0 Å². The molecule has 7 rings (SSSR count). The zero-order valence-corrected chi connectivity index (χ0v) is 30.3. The first-order chi connectivity index (χ1) is 21.7. The van der Waals surface area contributed by atoms with Gasteiger partial charge in [0.1, 0.15) is 0 Å². The molecule has 0 saturated carbocycles. The van der Waals surface area contributed by atoms with Crippen molar-refractivity contribution < 1.29 is 20.8 Å². The molecule has 0 atom stereocenters. The summed E-state index contributed by atoms with van der Waals surface area (Å²) < 4.78 is 0. The Morgan fingerprint density at radius 2 is 1.39 bits per heavy atom. The summed E-state index contributed by atoms with van der Waals surface area (Å²) in [4.78, 5) is 0. The molecule has 0 aromatic heterocycles. The van der Waals surface area contributed by atoms with E-state index in [1.54, 1.807) is 0 Å². The van der Waals surface area contributed by atoms with E-state index >= 15 is 0 Å². The second kappa shape index (κ2) is 16.6. The second-order valence-electron chi connectivity index (χ2n) is 10.9. The summed E-state index contributed by atoms with van der Waals surface area (Å²) >= 11 is -0.826. The molecular formula is C40H36Cl2SiZr. The van der Waals surface area contributed by atoms with Gasteiger partial charge in [0.15, 0.2) is 0 Å². The Morgan fingerprint density at radius 3 is 2.14 bits per heavy atom. The fourth-order valence-electron chi connectivity index (χ4n) is 6.01. The fourth-order valence-corrected chi connectivity index (χ4v) is 7.32. The number of aryl methyl sites for hydroxylation is 2. The molecule has 2 radical (unpaired) electrons. The maximum absolute atomic E-state index is 4.93. The van der Waals surface area contributed by atoms with Crippen LogP contribution < -0.4 is 10.4 Å². The summed E-state index contributed by atoms with van der Waals surface area (Å²) in [7, 11) is 10.7. The number of fused-ring (bicyclic) bond motifs is 4. The van der Waals surface area contributed by atoms with Crippen LogP contribution in [0.1, 0.15) is 44.2 Å². The van der Waals surface area contributed by atoms with Gasteiger partial charge in [0.2, 0.25) is 0 Å². The molecule has 0 N–H and O–H groups in total. The Hall–Kier alpha value is -2.61. The maximum Gasteiger partial charge on any atom is 0.0920 e. The van der Waals surface area contributed by atoms with Crippen molar-refractivity contribution in [3.8, 4) is 33.4 Å². The van der Waals surface area contributed by atoms with Crippen molar-refractivity contribution in [3.05, 3.63) is 139 Å². The third-order valence-electron chi connectivity index (χ3n) is 7.99. The topological polar surface area (TPSA) is 0 Å². The van der Waals surface area contributed by atoms with Crippen LogP contribution in [0.3, 0.4) is 0 Å². The first-order valence-electron chi connectivity index (χ1n) is 15.4. The molecule has 0 spiro atoms. The molecule has 218 valence electrons. The second-order valence-corrected chi connectivity index (χ2v) is 16.0. The van der Waals surface area contributed by atoms with E-state index in [0.29, 0.717) is 0 Å². The van der Waals surface area contributed by atoms with Crippen LogP contribution in [0.4, 0.5) is 0 Å². The van der Waals surface area contributed by atoms with Crippen LogP contribution in [0.2, 0.25) is 0 Å². The van der Waals surface area contributed by atoms with Crippen LogP contribution in [-0.2, 0) is 33.7 Å². The molecule has 44 heavy (non-hydrogen) atoms. The number of unbranched alkanes of at least 4 members (excludes halogenated alkanes) is 1. The van der Waals surface area contributed by atoms with Gasteiger partial charge in [-0.05, 0) is 29.5 Å². The molecule has 0 saturated heterocycles. The SMILES string of the molecule is CCCCc1cc2c(-c3ccccc3-c3ccccc3)c(CCC)ccc2[cH-]1.[Cl][Zr+2][Cl].[c-]1cccc2c1[Si]c1ccccc1-2. The Morgan fingerprint density at radius 1 is 0.705 bits per heavy atom. The van der Waals surface area contributed by atoms with Gasteiger partial charge in [-0.1, -0.05) is 134 Å². The average Bonchev–Trinajstić information content (AvgIpc) is 3.66. The number of hydrogen-bond donors (Lipinski definition) is 0. The van der Waals surface area contributed by atoms with E-state index in [2.05, 4.69) is 135 Å². The molecule has 0 bridgehead atoms. The molecule has 1 aliphatic heterocycles. The minimum atomic E-state index is -0.826. The van der Waals surface area contributed by atoms with E-state index in [1.807, 2.05) is 6.07 Å². The van der Waals surface area contributed by atoms with E-state index in [0.717, 1.165) is 22.4 Å². The Labute approximate surface area is 284 Å². The predicted molar refractivity (Wildman–Crippen MR) is 190 cm³/mol. The largest absolute Gasteiger partial charge is 0.184 e. The van der Waals surface area contributed by atoms with E-state index in [9.17, 15) is 0 Å². The Balaban J connectivity index is 0.000000198. The van der Waals surface area contributed by atoms with Gasteiger partial charge in [-0.2, -0.15) is 35.5 Å². The molecule has 6 aromatic rings. The smallest absolute Gasteiger partial charge is 0.0920 e. The van der Waals surface area contributed by atoms with Crippen molar-refractivity contribution >= 4 is 47.7 Å². The minimum absolute atomic E-state index is 0.795. The van der Waals surface area contributed by atoms with Crippen LogP contribution in [0.15, 0.2) is 121 Å². The average molecular weight is 707 g/mol. The summed E-state index contributed by atoms with van der Waals surface area (Å²) in [6.45, 7) is 4.54. The van der Waals surface area contributed by atoms with Crippen molar-refractivity contribution in [3.63, 3.8) is 0 Å². The van der Waals surface area contributed by atoms with Crippen LogP contribution >= 0.6 is 17.0 Å². The van der Waals surface area contributed by atoms with Crippen molar-refractivity contribution in [2.24, 2.45) is 0 Å². The number of benzene rings is 5. The van der Waals surface area contributed by atoms with Crippen molar-refractivity contribution in [2.75, 3.05) is 0 Å². The van der Waals surface area contributed by atoms with Gasteiger partial charge < -0.3 is 0 Å². The van der Waals surface area contributed by atoms with Crippen molar-refractivity contribution in [2.45, 2.75) is 46.0 Å². The number of rotatable bonds is 7. The predicted octanol–water partition coefficient (Wildman–Crippen LogP) is 10.7. The normalized spacial score (nSPS) is 11.0. The molecule has 0 amide bonds. The zero-order valence-electron chi connectivity index (χ0n) is 25.3. The summed E-state index contributed by atoms with van der Waals surface area (Å²) in [6.07, 6.45) is 5.95. The molecule has 0 aliphatic carbocycles. The van der Waals surface area contributed by atoms with Gasteiger partial charge in [-0.3, -0.25) is 0 Å². The number of halogens is 2. The summed E-state index contributed by atoms with van der Waals surface area (Å²) in [5.41, 5.74) is 11.1. The number of hydrogen-bond acceptors (Lipinski definition) is 0. The van der Waals surface area contributed by atoms with E-state index in [-0.39, 0.29) is 0 Å². The van der Waals surface area contributed by atoms with Crippen LogP contribution in [-0.4, -0.2) is 9.52 Å². The quantitative estimate of drug-likeness (QED) is 0.114. The van der Waals surface area contributed by atoms with Gasteiger partial charge in [-0.25, -0.2) is 0 Å². The summed E-state index contributed by atoms with van der Waals surface area (Å²) in [6, 6.07) is 47.4. The van der Waals surface area contributed by atoms with Crippen LogP contribution in [0, 0.1) is 6.07 Å².